The molecule has 1 aromatic carbocycles. The number of nitrogens with zero attached hydrogens (tertiary/aromatic N) is 1. The molecule has 1 amide bonds. The highest BCUT2D eigenvalue weighted by Gasteiger charge is 2.26. The van der Waals surface area contributed by atoms with E-state index in [4.69, 9.17) is 10.5 Å². The topological polar surface area (TPSA) is 67.6 Å². The average Bonchev–Trinajstić information content (AvgIpc) is 3.14. The van der Waals surface area contributed by atoms with Gasteiger partial charge in [-0.05, 0) is 55.8 Å². The Morgan fingerprint density at radius 2 is 1.79 bits per heavy atom. The summed E-state index contributed by atoms with van der Waals surface area (Å²) in [5.74, 6) is 0.185. The van der Waals surface area contributed by atoms with Crippen LogP contribution in [0.25, 0.3) is 0 Å². The van der Waals surface area contributed by atoms with E-state index in [1.807, 2.05) is 0 Å². The summed E-state index contributed by atoms with van der Waals surface area (Å²) in [6.07, 6.45) is 4.38. The summed E-state index contributed by atoms with van der Waals surface area (Å²) in [6, 6.07) is 8.11. The second-order valence-electron chi connectivity index (χ2n) is 6.99. The molecule has 0 spiro atoms. The highest BCUT2D eigenvalue weighted by Crippen LogP contribution is 2.18. The summed E-state index contributed by atoms with van der Waals surface area (Å²) in [7, 11) is 0. The van der Waals surface area contributed by atoms with Gasteiger partial charge in [0.25, 0.3) is 0 Å². The van der Waals surface area contributed by atoms with Gasteiger partial charge in [-0.25, -0.2) is 0 Å². The Labute approximate surface area is 144 Å². The van der Waals surface area contributed by atoms with Gasteiger partial charge in [-0.3, -0.25) is 9.69 Å². The van der Waals surface area contributed by atoms with Gasteiger partial charge < -0.3 is 15.8 Å². The van der Waals surface area contributed by atoms with Gasteiger partial charge in [0.1, 0.15) is 0 Å². The number of rotatable bonds is 6. The van der Waals surface area contributed by atoms with Crippen molar-refractivity contribution in [3.8, 4) is 0 Å². The number of nitrogens with one attached hydrogen (secondary N) is 1. The standard InChI is InChI=1S/C19H29N3O2/c20-18(17-7-11-24-12-8-17)19(23)21-13-15-3-5-16(6-4-15)14-22-9-1-2-10-22/h3-6,17-18H,1-2,7-14,20H2,(H,21,23). The predicted octanol–water partition coefficient (Wildman–Crippen LogP) is 1.65. The predicted molar refractivity (Wildman–Crippen MR) is 94.3 cm³/mol. The molecular formula is C19H29N3O2. The van der Waals surface area contributed by atoms with Crippen LogP contribution in [-0.2, 0) is 22.6 Å². The van der Waals surface area contributed by atoms with Gasteiger partial charge in [-0.2, -0.15) is 0 Å². The van der Waals surface area contributed by atoms with E-state index in [1.165, 1.54) is 31.5 Å². The monoisotopic (exact) mass is 331 g/mol. The van der Waals surface area contributed by atoms with Crippen molar-refractivity contribution in [1.82, 2.24) is 10.2 Å². The number of ether oxygens (including phenoxy) is 1. The quantitative estimate of drug-likeness (QED) is 0.832. The Morgan fingerprint density at radius 3 is 2.46 bits per heavy atom. The van der Waals surface area contributed by atoms with E-state index in [2.05, 4.69) is 34.5 Å². The number of amides is 1. The molecule has 1 unspecified atom stereocenters. The van der Waals surface area contributed by atoms with Crippen LogP contribution in [0.5, 0.6) is 0 Å². The molecule has 2 aliphatic rings. The molecule has 1 atom stereocenters. The Kier molecular flexibility index (Phi) is 6.24. The molecule has 0 saturated carbocycles. The van der Waals surface area contributed by atoms with Gasteiger partial charge in [-0.15, -0.1) is 0 Å². The molecule has 5 heteroatoms. The summed E-state index contributed by atoms with van der Waals surface area (Å²) >= 11 is 0. The zero-order valence-corrected chi connectivity index (χ0v) is 14.4. The van der Waals surface area contributed by atoms with Crippen LogP contribution < -0.4 is 11.1 Å². The van der Waals surface area contributed by atoms with Crippen molar-refractivity contribution >= 4 is 5.91 Å². The third-order valence-electron chi connectivity index (χ3n) is 5.17. The smallest absolute Gasteiger partial charge is 0.237 e. The third-order valence-corrected chi connectivity index (χ3v) is 5.17. The van der Waals surface area contributed by atoms with Crippen molar-refractivity contribution in [3.05, 3.63) is 35.4 Å². The first-order chi connectivity index (χ1) is 11.7. The van der Waals surface area contributed by atoms with Gasteiger partial charge >= 0.3 is 0 Å². The summed E-state index contributed by atoms with van der Waals surface area (Å²) < 4.78 is 5.33. The van der Waals surface area contributed by atoms with Crippen LogP contribution in [0.4, 0.5) is 0 Å². The lowest BCUT2D eigenvalue weighted by Crippen LogP contribution is -2.46. The highest BCUT2D eigenvalue weighted by atomic mass is 16.5. The van der Waals surface area contributed by atoms with E-state index in [1.54, 1.807) is 0 Å². The SMILES string of the molecule is NC(C(=O)NCc1ccc(CN2CCCC2)cc1)C1CCOCC1. The number of carbonyl (C=O) groups excluding carboxylic acids is 1. The Morgan fingerprint density at radius 1 is 1.17 bits per heavy atom. The second-order valence-corrected chi connectivity index (χ2v) is 6.99. The van der Waals surface area contributed by atoms with Crippen molar-refractivity contribution in [1.29, 1.82) is 0 Å². The maximum Gasteiger partial charge on any atom is 0.237 e. The van der Waals surface area contributed by atoms with Crippen molar-refractivity contribution in [2.24, 2.45) is 11.7 Å². The lowest BCUT2D eigenvalue weighted by atomic mass is 9.92. The molecule has 132 valence electrons. The first kappa shape index (κ1) is 17.4. The average molecular weight is 331 g/mol. The van der Waals surface area contributed by atoms with Crippen LogP contribution in [0.15, 0.2) is 24.3 Å². The van der Waals surface area contributed by atoms with Crippen LogP contribution in [-0.4, -0.2) is 43.2 Å². The minimum absolute atomic E-state index is 0.0527. The highest BCUT2D eigenvalue weighted by molar-refractivity contribution is 5.81. The number of carbonyl (C=O) groups is 1. The lowest BCUT2D eigenvalue weighted by Gasteiger charge is -2.26. The Hall–Kier alpha value is -1.43. The number of nitrogens with two attached hydrogens (primary N) is 1. The van der Waals surface area contributed by atoms with E-state index in [-0.39, 0.29) is 11.8 Å². The molecule has 0 aliphatic carbocycles. The van der Waals surface area contributed by atoms with E-state index in [0.29, 0.717) is 19.8 Å². The molecule has 2 saturated heterocycles. The molecule has 1 aromatic rings. The van der Waals surface area contributed by atoms with Gasteiger partial charge in [0, 0.05) is 26.3 Å². The van der Waals surface area contributed by atoms with E-state index < -0.39 is 6.04 Å². The number of likely N-dealkylation sites (tertiary alicyclic amines) is 1. The first-order valence-electron chi connectivity index (χ1n) is 9.13. The Bertz CT molecular complexity index is 520. The van der Waals surface area contributed by atoms with Crippen LogP contribution in [0.1, 0.15) is 36.8 Å². The van der Waals surface area contributed by atoms with Gasteiger partial charge in [0.15, 0.2) is 0 Å². The molecule has 2 heterocycles. The molecule has 0 radical (unpaired) electrons. The van der Waals surface area contributed by atoms with E-state index in [9.17, 15) is 4.79 Å². The molecule has 3 N–H and O–H groups in total. The normalized spacial score (nSPS) is 20.9. The molecule has 2 fully saturated rings. The maximum atomic E-state index is 12.2. The van der Waals surface area contributed by atoms with Gasteiger partial charge in [0.05, 0.1) is 6.04 Å². The summed E-state index contributed by atoms with van der Waals surface area (Å²) in [6.45, 7) is 5.42. The molecule has 0 aromatic heterocycles. The van der Waals surface area contributed by atoms with Crippen molar-refractivity contribution < 1.29 is 9.53 Å². The summed E-state index contributed by atoms with van der Waals surface area (Å²) in [5, 5.41) is 2.97. The molecule has 0 bridgehead atoms. The van der Waals surface area contributed by atoms with Crippen molar-refractivity contribution in [3.63, 3.8) is 0 Å². The fourth-order valence-electron chi connectivity index (χ4n) is 3.56. The lowest BCUT2D eigenvalue weighted by molar-refractivity contribution is -0.124. The minimum atomic E-state index is -0.427. The minimum Gasteiger partial charge on any atom is -0.381 e. The van der Waals surface area contributed by atoms with Crippen LogP contribution >= 0.6 is 0 Å². The van der Waals surface area contributed by atoms with Crippen molar-refractivity contribution in [2.45, 2.75) is 44.8 Å². The fraction of sp³-hybridized carbons (Fsp3) is 0.632. The largest absolute Gasteiger partial charge is 0.381 e. The second kappa shape index (κ2) is 8.60. The third kappa shape index (κ3) is 4.79. The van der Waals surface area contributed by atoms with Crippen LogP contribution in [0, 0.1) is 5.92 Å². The van der Waals surface area contributed by atoms with E-state index >= 15 is 0 Å². The molecule has 2 aliphatic heterocycles. The van der Waals surface area contributed by atoms with Crippen LogP contribution in [0.2, 0.25) is 0 Å². The van der Waals surface area contributed by atoms with Crippen LogP contribution in [0.3, 0.4) is 0 Å². The first-order valence-corrected chi connectivity index (χ1v) is 9.13. The fourth-order valence-corrected chi connectivity index (χ4v) is 3.56. The summed E-state index contributed by atoms with van der Waals surface area (Å²) in [5.41, 5.74) is 8.56. The summed E-state index contributed by atoms with van der Waals surface area (Å²) in [4.78, 5) is 14.7. The number of benzene rings is 1. The van der Waals surface area contributed by atoms with E-state index in [0.717, 1.165) is 24.9 Å². The van der Waals surface area contributed by atoms with Gasteiger partial charge in [-0.1, -0.05) is 24.3 Å². The molecule has 24 heavy (non-hydrogen) atoms. The molecule has 3 rings (SSSR count). The molecule has 5 nitrogen and oxygen atoms in total. The number of hydrogen-bond donors (Lipinski definition) is 2. The van der Waals surface area contributed by atoms with Crippen molar-refractivity contribution in [2.75, 3.05) is 26.3 Å². The molecular weight excluding hydrogens is 302 g/mol. The van der Waals surface area contributed by atoms with Gasteiger partial charge in [0.2, 0.25) is 5.91 Å². The number of hydrogen-bond acceptors (Lipinski definition) is 4. The zero-order valence-electron chi connectivity index (χ0n) is 14.4. The maximum absolute atomic E-state index is 12.2. The zero-order chi connectivity index (χ0) is 16.8. The Balaban J connectivity index is 1.44.